The van der Waals surface area contributed by atoms with Crippen molar-refractivity contribution < 1.29 is 9.47 Å². The molecule has 4 nitrogen and oxygen atoms in total. The number of hydrogen-bond donors (Lipinski definition) is 1. The first kappa shape index (κ1) is 17.6. The summed E-state index contributed by atoms with van der Waals surface area (Å²) in [5.41, 5.74) is 5.59. The molecule has 1 aliphatic heterocycles. The number of hydrogen-bond acceptors (Lipinski definition) is 3. The summed E-state index contributed by atoms with van der Waals surface area (Å²) in [5, 5.41) is 5.25. The van der Waals surface area contributed by atoms with Crippen LogP contribution >= 0.6 is 0 Å². The van der Waals surface area contributed by atoms with Gasteiger partial charge < -0.3 is 19.4 Å². The van der Waals surface area contributed by atoms with Crippen molar-refractivity contribution in [2.24, 2.45) is 0 Å². The average molecular weight is 377 g/mol. The summed E-state index contributed by atoms with van der Waals surface area (Å²) >= 11 is 0. The van der Waals surface area contributed by atoms with Gasteiger partial charge in [0.25, 0.3) is 0 Å². The van der Waals surface area contributed by atoms with Gasteiger partial charge in [0.15, 0.2) is 11.5 Å². The summed E-state index contributed by atoms with van der Waals surface area (Å²) in [5.74, 6) is 2.20. The molecule has 1 aromatic heterocycles. The molecule has 1 unspecified atom stereocenters. The Balaban J connectivity index is 1.61. The molecule has 0 bridgehead atoms. The first-order valence-electron chi connectivity index (χ1n) is 10.3. The molecule has 1 aliphatic carbocycles. The third-order valence-corrected chi connectivity index (χ3v) is 6.70. The lowest BCUT2D eigenvalue weighted by Crippen LogP contribution is -2.43. The molecule has 0 amide bonds. The Morgan fingerprint density at radius 2 is 1.96 bits per heavy atom. The summed E-state index contributed by atoms with van der Waals surface area (Å²) in [6, 6.07) is 13.9. The van der Waals surface area contributed by atoms with Gasteiger partial charge in [-0.2, -0.15) is 0 Å². The fourth-order valence-electron chi connectivity index (χ4n) is 5.26. The first-order valence-corrected chi connectivity index (χ1v) is 10.3. The molecule has 1 N–H and O–H groups in total. The third kappa shape index (κ3) is 2.62. The molecule has 1 fully saturated rings. The van der Waals surface area contributed by atoms with E-state index in [1.54, 1.807) is 14.2 Å². The molecule has 3 aromatic rings. The zero-order valence-electron chi connectivity index (χ0n) is 16.9. The van der Waals surface area contributed by atoms with Gasteiger partial charge in [0, 0.05) is 29.1 Å². The molecule has 2 aliphatic rings. The third-order valence-electron chi connectivity index (χ3n) is 6.70. The van der Waals surface area contributed by atoms with Crippen LogP contribution in [0.3, 0.4) is 0 Å². The number of nitrogens with one attached hydrogen (secondary N) is 1. The van der Waals surface area contributed by atoms with Crippen LogP contribution in [-0.4, -0.2) is 31.4 Å². The highest BCUT2D eigenvalue weighted by Gasteiger charge is 2.33. The number of ether oxygens (including phenoxy) is 2. The van der Waals surface area contributed by atoms with E-state index in [4.69, 9.17) is 9.47 Å². The minimum atomic E-state index is 0.222. The fraction of sp³-hybridized carbons (Fsp3) is 0.417. The minimum Gasteiger partial charge on any atom is -0.493 e. The Bertz CT molecular complexity index is 1020. The Hall–Kier alpha value is -2.46. The van der Waals surface area contributed by atoms with Crippen LogP contribution in [-0.2, 0) is 6.42 Å². The molecule has 146 valence electrons. The van der Waals surface area contributed by atoms with Crippen molar-refractivity contribution in [3.8, 4) is 11.5 Å². The number of nitrogens with zero attached hydrogens (tertiary/aromatic N) is 1. The average Bonchev–Trinajstić information content (AvgIpc) is 3.12. The van der Waals surface area contributed by atoms with E-state index < -0.39 is 0 Å². The summed E-state index contributed by atoms with van der Waals surface area (Å²) in [4.78, 5) is 0. The Labute approximate surface area is 166 Å². The van der Waals surface area contributed by atoms with Crippen LogP contribution in [0.1, 0.15) is 48.4 Å². The largest absolute Gasteiger partial charge is 0.493 e. The first-order chi connectivity index (χ1) is 13.7. The monoisotopic (exact) mass is 376 g/mol. The van der Waals surface area contributed by atoms with Crippen LogP contribution < -0.4 is 14.8 Å². The normalized spacial score (nSPS) is 22.0. The molecule has 3 atom stereocenters. The van der Waals surface area contributed by atoms with E-state index in [9.17, 15) is 0 Å². The highest BCUT2D eigenvalue weighted by Crippen LogP contribution is 2.43. The van der Waals surface area contributed by atoms with Gasteiger partial charge in [-0.05, 0) is 67.6 Å². The molecular formula is C24H28N2O2. The predicted octanol–water partition coefficient (Wildman–Crippen LogP) is 4.66. The van der Waals surface area contributed by atoms with Crippen molar-refractivity contribution in [1.82, 2.24) is 9.88 Å². The van der Waals surface area contributed by atoms with Crippen LogP contribution in [0.25, 0.3) is 10.9 Å². The number of benzene rings is 2. The predicted molar refractivity (Wildman–Crippen MR) is 113 cm³/mol. The van der Waals surface area contributed by atoms with Gasteiger partial charge in [-0.3, -0.25) is 0 Å². The van der Waals surface area contributed by atoms with E-state index in [-0.39, 0.29) is 6.04 Å². The molecule has 28 heavy (non-hydrogen) atoms. The van der Waals surface area contributed by atoms with Crippen molar-refractivity contribution in [2.45, 2.75) is 44.2 Å². The maximum atomic E-state index is 5.53. The van der Waals surface area contributed by atoms with Gasteiger partial charge in [-0.15, -0.1) is 0 Å². The molecule has 0 spiro atoms. The van der Waals surface area contributed by atoms with Gasteiger partial charge in [0.2, 0.25) is 0 Å². The second-order valence-electron chi connectivity index (χ2n) is 8.11. The number of rotatable bonds is 4. The number of fused-ring (bicyclic) bond motifs is 2. The van der Waals surface area contributed by atoms with E-state index in [2.05, 4.69) is 53.3 Å². The second kappa shape index (κ2) is 6.85. The molecule has 1 saturated heterocycles. The summed E-state index contributed by atoms with van der Waals surface area (Å²) in [6.07, 6.45) is 6.08. The fourth-order valence-corrected chi connectivity index (χ4v) is 5.26. The van der Waals surface area contributed by atoms with E-state index >= 15 is 0 Å². The standard InChI is InChI=1S/C24H28N2O2/c1-15(16-9-10-22(27-2)23(13-16)28-3)26-14-17-12-20-18(7-5-11-25-20)19-6-4-8-21(26)24(17)19/h4,6,8-10,13-15,18,20,25H,5,7,11-12H2,1-3H3/t15?,18-,20-/m1/s1. The van der Waals surface area contributed by atoms with Crippen molar-refractivity contribution in [2.75, 3.05) is 20.8 Å². The molecule has 5 rings (SSSR count). The smallest absolute Gasteiger partial charge is 0.161 e. The lowest BCUT2D eigenvalue weighted by molar-refractivity contribution is 0.345. The lowest BCUT2D eigenvalue weighted by atomic mass is 9.76. The molecule has 2 aromatic carbocycles. The van der Waals surface area contributed by atoms with Crippen molar-refractivity contribution in [1.29, 1.82) is 0 Å². The van der Waals surface area contributed by atoms with Crippen LogP contribution in [0, 0.1) is 0 Å². The van der Waals surface area contributed by atoms with Crippen molar-refractivity contribution >= 4 is 10.9 Å². The quantitative estimate of drug-likeness (QED) is 0.719. The second-order valence-corrected chi connectivity index (χ2v) is 8.11. The minimum absolute atomic E-state index is 0.222. The van der Waals surface area contributed by atoms with E-state index in [0.29, 0.717) is 12.0 Å². The van der Waals surface area contributed by atoms with Gasteiger partial charge in [0.1, 0.15) is 0 Å². The number of aromatic nitrogens is 1. The highest BCUT2D eigenvalue weighted by molar-refractivity contribution is 5.89. The van der Waals surface area contributed by atoms with Crippen molar-refractivity contribution in [3.05, 3.63) is 59.3 Å². The van der Waals surface area contributed by atoms with Gasteiger partial charge in [-0.1, -0.05) is 18.2 Å². The Morgan fingerprint density at radius 3 is 2.79 bits per heavy atom. The van der Waals surface area contributed by atoms with Gasteiger partial charge >= 0.3 is 0 Å². The lowest BCUT2D eigenvalue weighted by Gasteiger charge is -2.36. The van der Waals surface area contributed by atoms with E-state index in [1.807, 2.05) is 6.07 Å². The molecule has 0 saturated carbocycles. The van der Waals surface area contributed by atoms with E-state index in [1.165, 1.54) is 40.4 Å². The summed E-state index contributed by atoms with van der Waals surface area (Å²) in [7, 11) is 3.37. The van der Waals surface area contributed by atoms with Gasteiger partial charge in [0.05, 0.1) is 20.3 Å². The summed E-state index contributed by atoms with van der Waals surface area (Å²) < 4.78 is 13.4. The summed E-state index contributed by atoms with van der Waals surface area (Å²) in [6.45, 7) is 3.41. The maximum Gasteiger partial charge on any atom is 0.161 e. The topological polar surface area (TPSA) is 35.4 Å². The zero-order valence-corrected chi connectivity index (χ0v) is 16.9. The number of methoxy groups -OCH3 is 2. The Morgan fingerprint density at radius 1 is 1.11 bits per heavy atom. The molecule has 2 heterocycles. The zero-order chi connectivity index (χ0) is 19.3. The molecule has 0 radical (unpaired) electrons. The molecular weight excluding hydrogens is 348 g/mol. The number of piperidine rings is 1. The van der Waals surface area contributed by atoms with Crippen molar-refractivity contribution in [3.63, 3.8) is 0 Å². The van der Waals surface area contributed by atoms with Crippen LogP contribution in [0.2, 0.25) is 0 Å². The highest BCUT2D eigenvalue weighted by atomic mass is 16.5. The van der Waals surface area contributed by atoms with Crippen LogP contribution in [0.5, 0.6) is 11.5 Å². The van der Waals surface area contributed by atoms with Crippen LogP contribution in [0.15, 0.2) is 42.6 Å². The van der Waals surface area contributed by atoms with Gasteiger partial charge in [-0.25, -0.2) is 0 Å². The molecule has 4 heteroatoms. The van der Waals surface area contributed by atoms with E-state index in [0.717, 1.165) is 24.5 Å². The van der Waals surface area contributed by atoms with Crippen LogP contribution in [0.4, 0.5) is 0 Å². The maximum absolute atomic E-state index is 5.53. The Kier molecular flexibility index (Phi) is 4.31. The SMILES string of the molecule is COc1ccc(C(C)n2cc3c4c(cccc42)[C@H]2CCCN[C@@H]2C3)cc1OC.